The van der Waals surface area contributed by atoms with Gasteiger partial charge in [0, 0.05) is 4.88 Å². The lowest BCUT2D eigenvalue weighted by atomic mass is 9.88. The maximum absolute atomic E-state index is 12.8. The van der Waals surface area contributed by atoms with Crippen LogP contribution >= 0.6 is 11.3 Å². The highest BCUT2D eigenvalue weighted by atomic mass is 32.2. The molecule has 0 saturated heterocycles. The Balaban J connectivity index is 1.83. The summed E-state index contributed by atoms with van der Waals surface area (Å²) in [4.78, 5) is 38.2. The van der Waals surface area contributed by atoms with Gasteiger partial charge in [0.1, 0.15) is 16.5 Å². The van der Waals surface area contributed by atoms with Crippen LogP contribution < -0.4 is 15.4 Å². The topological polar surface area (TPSA) is 128 Å². The Labute approximate surface area is 196 Å². The molecule has 9 nitrogen and oxygen atoms in total. The lowest BCUT2D eigenvalue weighted by molar-refractivity contribution is -0.113. The van der Waals surface area contributed by atoms with E-state index in [4.69, 9.17) is 9.47 Å². The van der Waals surface area contributed by atoms with Crippen molar-refractivity contribution in [2.24, 2.45) is 5.92 Å². The number of fused-ring (bicyclic) bond motifs is 1. The van der Waals surface area contributed by atoms with E-state index in [2.05, 4.69) is 17.6 Å². The molecule has 0 spiro atoms. The monoisotopic (exact) mass is 494 g/mol. The summed E-state index contributed by atoms with van der Waals surface area (Å²) in [5.41, 5.74) is 0.957. The summed E-state index contributed by atoms with van der Waals surface area (Å²) in [5.74, 6) is -1.35. The van der Waals surface area contributed by atoms with Gasteiger partial charge in [-0.05, 0) is 61.9 Å². The maximum Gasteiger partial charge on any atom is 0.414 e. The van der Waals surface area contributed by atoms with Gasteiger partial charge in [0.25, 0.3) is 5.91 Å². The van der Waals surface area contributed by atoms with Gasteiger partial charge in [0.15, 0.2) is 9.84 Å². The van der Waals surface area contributed by atoms with E-state index in [1.54, 1.807) is 6.92 Å². The summed E-state index contributed by atoms with van der Waals surface area (Å²) < 4.78 is 35.1. The van der Waals surface area contributed by atoms with Crippen molar-refractivity contribution in [1.29, 1.82) is 0 Å². The molecule has 2 aromatic rings. The second-order valence-electron chi connectivity index (χ2n) is 7.71. The predicted octanol–water partition coefficient (Wildman–Crippen LogP) is 3.18. The van der Waals surface area contributed by atoms with Crippen LogP contribution in [0.4, 0.5) is 9.80 Å². The molecule has 3 rings (SSSR count). The first-order chi connectivity index (χ1) is 15.6. The molecule has 0 saturated carbocycles. The molecule has 0 bridgehead atoms. The highest BCUT2D eigenvalue weighted by Crippen LogP contribution is 2.39. The lowest BCUT2D eigenvalue weighted by Gasteiger charge is -2.18. The van der Waals surface area contributed by atoms with Gasteiger partial charge in [-0.1, -0.05) is 6.92 Å². The molecule has 1 heterocycles. The first kappa shape index (κ1) is 24.7. The number of alkyl carbamates (subject to hydrolysis) is 1. The van der Waals surface area contributed by atoms with Gasteiger partial charge in [-0.15, -0.1) is 11.3 Å². The summed E-state index contributed by atoms with van der Waals surface area (Å²) in [5, 5.41) is 4.98. The van der Waals surface area contributed by atoms with Crippen LogP contribution in [0.2, 0.25) is 0 Å². The lowest BCUT2D eigenvalue weighted by Crippen LogP contribution is -2.32. The van der Waals surface area contributed by atoms with Crippen molar-refractivity contribution in [3.63, 3.8) is 0 Å². The molecule has 1 aliphatic rings. The van der Waals surface area contributed by atoms with Gasteiger partial charge in [-0.25, -0.2) is 13.2 Å². The Kier molecular flexibility index (Phi) is 7.75. The zero-order chi connectivity index (χ0) is 24.2. The predicted molar refractivity (Wildman–Crippen MR) is 124 cm³/mol. The number of amides is 3. The fourth-order valence-corrected chi connectivity index (χ4v) is 6.16. The number of methoxy groups -OCH3 is 1. The largest absolute Gasteiger partial charge is 0.497 e. The summed E-state index contributed by atoms with van der Waals surface area (Å²) in [6, 6.07) is 5.73. The number of carbonyl (C=O) groups is 3. The van der Waals surface area contributed by atoms with Crippen molar-refractivity contribution in [2.75, 3.05) is 24.8 Å². The molecule has 1 unspecified atom stereocenters. The zero-order valence-corrected chi connectivity index (χ0v) is 20.2. The van der Waals surface area contributed by atoms with Crippen LogP contribution in [0.15, 0.2) is 29.2 Å². The van der Waals surface area contributed by atoms with Crippen molar-refractivity contribution in [3.8, 4) is 5.75 Å². The number of thiophene rings is 1. The number of anilines is 1. The first-order valence-electron chi connectivity index (χ1n) is 10.4. The molecule has 0 fully saturated rings. The molecule has 33 heavy (non-hydrogen) atoms. The minimum Gasteiger partial charge on any atom is -0.497 e. The molecule has 1 atom stereocenters. The highest BCUT2D eigenvalue weighted by Gasteiger charge is 2.30. The Morgan fingerprint density at radius 3 is 2.52 bits per heavy atom. The molecular formula is C22H26N2O7S2. The molecule has 0 aliphatic heterocycles. The van der Waals surface area contributed by atoms with Crippen molar-refractivity contribution in [2.45, 2.75) is 38.0 Å². The van der Waals surface area contributed by atoms with Gasteiger partial charge < -0.3 is 14.8 Å². The fraction of sp³-hybridized carbons (Fsp3) is 0.409. The Morgan fingerprint density at radius 2 is 1.88 bits per heavy atom. The average Bonchev–Trinajstić information content (AvgIpc) is 3.10. The van der Waals surface area contributed by atoms with Crippen LogP contribution in [0.1, 0.15) is 41.1 Å². The third-order valence-electron chi connectivity index (χ3n) is 5.22. The number of sulfone groups is 1. The van der Waals surface area contributed by atoms with E-state index in [-0.39, 0.29) is 22.1 Å². The van der Waals surface area contributed by atoms with Crippen molar-refractivity contribution >= 4 is 44.1 Å². The van der Waals surface area contributed by atoms with Crippen molar-refractivity contribution < 1.29 is 32.3 Å². The summed E-state index contributed by atoms with van der Waals surface area (Å²) in [7, 11) is -2.45. The van der Waals surface area contributed by atoms with Gasteiger partial charge in [-0.3, -0.25) is 14.9 Å². The Bertz CT molecular complexity index is 1150. The molecule has 11 heteroatoms. The number of hydrogen-bond donors (Lipinski definition) is 2. The number of ether oxygens (including phenoxy) is 2. The quantitative estimate of drug-likeness (QED) is 0.605. The zero-order valence-electron chi connectivity index (χ0n) is 18.6. The van der Waals surface area contributed by atoms with Crippen LogP contribution in [-0.2, 0) is 32.2 Å². The number of nitrogens with one attached hydrogen (secondary N) is 2. The minimum absolute atomic E-state index is 0.0157. The summed E-state index contributed by atoms with van der Waals surface area (Å²) in [6.45, 7) is 3.82. The van der Waals surface area contributed by atoms with Crippen molar-refractivity contribution in [1.82, 2.24) is 5.32 Å². The molecule has 1 aliphatic carbocycles. The summed E-state index contributed by atoms with van der Waals surface area (Å²) in [6.07, 6.45) is 1.34. The van der Waals surface area contributed by atoms with E-state index in [1.165, 1.54) is 42.7 Å². The number of hydrogen-bond acceptors (Lipinski definition) is 8. The van der Waals surface area contributed by atoms with Crippen LogP contribution in [0.5, 0.6) is 5.75 Å². The molecule has 3 amide bonds. The van der Waals surface area contributed by atoms with E-state index >= 15 is 0 Å². The van der Waals surface area contributed by atoms with Crippen LogP contribution in [-0.4, -0.2) is 45.8 Å². The fourth-order valence-electron chi connectivity index (χ4n) is 3.60. The molecule has 1 aromatic carbocycles. The normalized spacial score (nSPS) is 15.3. The van der Waals surface area contributed by atoms with Crippen LogP contribution in [0.25, 0.3) is 0 Å². The Morgan fingerprint density at radius 1 is 1.18 bits per heavy atom. The third-order valence-corrected chi connectivity index (χ3v) is 8.02. The van der Waals surface area contributed by atoms with Crippen LogP contribution in [0.3, 0.4) is 0 Å². The number of rotatable bonds is 7. The van der Waals surface area contributed by atoms with E-state index in [0.29, 0.717) is 18.1 Å². The van der Waals surface area contributed by atoms with Gasteiger partial charge in [-0.2, -0.15) is 0 Å². The van der Waals surface area contributed by atoms with Crippen molar-refractivity contribution in [3.05, 3.63) is 40.3 Å². The van der Waals surface area contributed by atoms with E-state index in [0.717, 1.165) is 23.3 Å². The molecule has 178 valence electrons. The number of imide groups is 1. The highest BCUT2D eigenvalue weighted by molar-refractivity contribution is 7.92. The van der Waals surface area contributed by atoms with Gasteiger partial charge >= 0.3 is 6.09 Å². The van der Waals surface area contributed by atoms with E-state index in [1.807, 2.05) is 0 Å². The molecular weight excluding hydrogens is 468 g/mol. The standard InChI is InChI=1S/C22H26N2O7S2/c1-4-31-22(27)24-20(26)19-16-10-5-13(2)11-17(16)32-21(19)23-18(25)12-33(28,29)15-8-6-14(30-3)7-9-15/h6-9,13H,4-5,10-12H2,1-3H3,(H,23,25)(H,24,26,27). The van der Waals surface area contributed by atoms with Crippen LogP contribution in [0, 0.1) is 5.92 Å². The molecule has 2 N–H and O–H groups in total. The number of benzene rings is 1. The van der Waals surface area contributed by atoms with Gasteiger partial charge in [0.05, 0.1) is 24.2 Å². The Hall–Kier alpha value is -2.92. The number of carbonyl (C=O) groups excluding carboxylic acids is 3. The van der Waals surface area contributed by atoms with E-state index in [9.17, 15) is 22.8 Å². The van der Waals surface area contributed by atoms with E-state index < -0.39 is 33.5 Å². The average molecular weight is 495 g/mol. The summed E-state index contributed by atoms with van der Waals surface area (Å²) >= 11 is 1.23. The maximum atomic E-state index is 12.8. The SMILES string of the molecule is CCOC(=O)NC(=O)c1c(NC(=O)CS(=O)(=O)c2ccc(OC)cc2)sc2c1CCC(C)C2. The second kappa shape index (κ2) is 10.3. The minimum atomic E-state index is -3.91. The smallest absolute Gasteiger partial charge is 0.414 e. The second-order valence-corrected chi connectivity index (χ2v) is 10.8. The van der Waals surface area contributed by atoms with Gasteiger partial charge in [0.2, 0.25) is 5.91 Å². The molecule has 1 aromatic heterocycles. The third kappa shape index (κ3) is 5.91. The first-order valence-corrected chi connectivity index (χ1v) is 12.9. The molecule has 0 radical (unpaired) electrons.